The normalized spacial score (nSPS) is 27.2. The van der Waals surface area contributed by atoms with E-state index in [1.807, 2.05) is 0 Å². The van der Waals surface area contributed by atoms with Gasteiger partial charge in [0.15, 0.2) is 0 Å². The van der Waals surface area contributed by atoms with Gasteiger partial charge in [0.2, 0.25) is 0 Å². The van der Waals surface area contributed by atoms with Crippen LogP contribution in [0.25, 0.3) is 10.9 Å². The number of aromatic nitrogens is 1. The predicted octanol–water partition coefficient (Wildman–Crippen LogP) is 5.35. The van der Waals surface area contributed by atoms with Crippen LogP contribution in [0, 0.1) is 5.92 Å². The Morgan fingerprint density at radius 2 is 2.00 bits per heavy atom. The summed E-state index contributed by atoms with van der Waals surface area (Å²) in [7, 11) is 4.52. The number of rotatable bonds is 5. The highest BCUT2D eigenvalue weighted by atomic mass is 79.9. The van der Waals surface area contributed by atoms with E-state index in [2.05, 4.69) is 105 Å². The van der Waals surface area contributed by atoms with Crippen molar-refractivity contribution in [1.82, 2.24) is 20.1 Å². The number of benzene rings is 2. The fourth-order valence-electron chi connectivity index (χ4n) is 6.10. The van der Waals surface area contributed by atoms with Crippen LogP contribution in [0.5, 0.6) is 0 Å². The molecule has 2 aromatic carbocycles. The van der Waals surface area contributed by atoms with E-state index in [9.17, 15) is 0 Å². The van der Waals surface area contributed by atoms with E-state index >= 15 is 0 Å². The zero-order chi connectivity index (χ0) is 22.1. The van der Waals surface area contributed by atoms with Crippen LogP contribution in [-0.4, -0.2) is 54.6 Å². The summed E-state index contributed by atoms with van der Waals surface area (Å²) in [5.74, 6) is 0.698. The van der Waals surface area contributed by atoms with E-state index in [1.165, 1.54) is 60.8 Å². The van der Waals surface area contributed by atoms with Crippen LogP contribution >= 0.6 is 15.9 Å². The van der Waals surface area contributed by atoms with Gasteiger partial charge in [0.05, 0.1) is 0 Å². The molecule has 2 saturated heterocycles. The van der Waals surface area contributed by atoms with E-state index in [-0.39, 0.29) is 5.54 Å². The van der Waals surface area contributed by atoms with Crippen molar-refractivity contribution in [2.24, 2.45) is 5.92 Å². The smallest absolute Gasteiger partial charge is 0.0481 e. The molecule has 0 radical (unpaired) electrons. The Kier molecular flexibility index (Phi) is 6.44. The minimum Gasteiger partial charge on any atom is -0.361 e. The lowest BCUT2D eigenvalue weighted by atomic mass is 9.73. The van der Waals surface area contributed by atoms with Crippen molar-refractivity contribution in [3.05, 3.63) is 70.3 Å². The first-order valence-corrected chi connectivity index (χ1v) is 12.8. The van der Waals surface area contributed by atoms with E-state index in [0.29, 0.717) is 12.0 Å². The Bertz CT molecular complexity index is 1050. The number of piperidine rings is 2. The van der Waals surface area contributed by atoms with Gasteiger partial charge in [0.25, 0.3) is 0 Å². The molecule has 3 heterocycles. The van der Waals surface area contributed by atoms with Gasteiger partial charge in [-0.05, 0) is 88.1 Å². The average Bonchev–Trinajstić information content (AvgIpc) is 3.21. The lowest BCUT2D eigenvalue weighted by Crippen LogP contribution is -2.57. The molecule has 2 aliphatic rings. The molecule has 3 unspecified atom stereocenters. The number of fused-ring (bicyclic) bond motifs is 1. The minimum absolute atomic E-state index is 0.128. The minimum atomic E-state index is 0.128. The molecule has 2 N–H and O–H groups in total. The third kappa shape index (κ3) is 4.28. The fourth-order valence-corrected chi connectivity index (χ4v) is 6.46. The van der Waals surface area contributed by atoms with Gasteiger partial charge in [-0.3, -0.25) is 9.80 Å². The molecule has 0 aliphatic carbocycles. The maximum Gasteiger partial charge on any atom is 0.0481 e. The number of H-pyrrole nitrogens is 1. The second kappa shape index (κ2) is 9.30. The van der Waals surface area contributed by atoms with Gasteiger partial charge in [-0.2, -0.15) is 0 Å². The number of hydrogen-bond acceptors (Lipinski definition) is 3. The molecule has 0 spiro atoms. The van der Waals surface area contributed by atoms with Gasteiger partial charge in [-0.1, -0.05) is 46.3 Å². The number of nitrogens with one attached hydrogen (secondary N) is 2. The lowest BCUT2D eigenvalue weighted by Gasteiger charge is -2.49. The van der Waals surface area contributed by atoms with Gasteiger partial charge < -0.3 is 10.3 Å². The third-order valence-corrected chi connectivity index (χ3v) is 8.40. The molecule has 5 rings (SSSR count). The molecule has 2 aliphatic heterocycles. The molecular formula is C27H35BrN4. The summed E-state index contributed by atoms with van der Waals surface area (Å²) in [6, 6.07) is 18.3. The number of nitrogens with zero attached hydrogens (tertiary/aromatic N) is 2. The summed E-state index contributed by atoms with van der Waals surface area (Å²) in [6.45, 7) is 4.49. The molecule has 0 bridgehead atoms. The second-order valence-electron chi connectivity index (χ2n) is 9.95. The summed E-state index contributed by atoms with van der Waals surface area (Å²) in [5, 5.41) is 5.26. The molecule has 3 aromatic rings. The molecule has 2 fully saturated rings. The predicted molar refractivity (Wildman–Crippen MR) is 137 cm³/mol. The van der Waals surface area contributed by atoms with Crippen molar-refractivity contribution >= 4 is 26.8 Å². The van der Waals surface area contributed by atoms with E-state index in [4.69, 9.17) is 0 Å². The van der Waals surface area contributed by atoms with Gasteiger partial charge >= 0.3 is 0 Å². The zero-order valence-corrected chi connectivity index (χ0v) is 20.9. The first-order valence-electron chi connectivity index (χ1n) is 12.0. The zero-order valence-electron chi connectivity index (χ0n) is 19.3. The van der Waals surface area contributed by atoms with Gasteiger partial charge in [0.1, 0.15) is 0 Å². The average molecular weight is 496 g/mol. The molecule has 1 aromatic heterocycles. The highest BCUT2D eigenvalue weighted by Gasteiger charge is 2.42. The molecule has 32 heavy (non-hydrogen) atoms. The van der Waals surface area contributed by atoms with Crippen LogP contribution in [0.15, 0.2) is 59.2 Å². The van der Waals surface area contributed by atoms with Crippen LogP contribution in [0.4, 0.5) is 0 Å². The highest BCUT2D eigenvalue weighted by molar-refractivity contribution is 9.10. The first-order chi connectivity index (χ1) is 15.5. The number of hydrogen-bond donors (Lipinski definition) is 2. The van der Waals surface area contributed by atoms with Crippen LogP contribution in [0.2, 0.25) is 0 Å². The quantitative estimate of drug-likeness (QED) is 0.501. The molecule has 0 saturated carbocycles. The number of aromatic amines is 1. The van der Waals surface area contributed by atoms with Crippen molar-refractivity contribution in [2.75, 3.05) is 33.7 Å². The lowest BCUT2D eigenvalue weighted by molar-refractivity contribution is 0.0488. The van der Waals surface area contributed by atoms with Crippen LogP contribution in [-0.2, 0) is 12.1 Å². The molecule has 3 atom stereocenters. The van der Waals surface area contributed by atoms with Crippen LogP contribution < -0.4 is 5.32 Å². The molecule has 4 nitrogen and oxygen atoms in total. The highest BCUT2D eigenvalue weighted by Crippen LogP contribution is 2.40. The Morgan fingerprint density at radius 3 is 2.81 bits per heavy atom. The Labute approximate surface area is 200 Å². The number of halogens is 1. The van der Waals surface area contributed by atoms with Crippen molar-refractivity contribution < 1.29 is 0 Å². The van der Waals surface area contributed by atoms with Gasteiger partial charge in [-0.25, -0.2) is 0 Å². The second-order valence-corrected chi connectivity index (χ2v) is 10.9. The maximum absolute atomic E-state index is 3.92. The van der Waals surface area contributed by atoms with Crippen molar-refractivity contribution in [3.63, 3.8) is 0 Å². The van der Waals surface area contributed by atoms with Crippen LogP contribution in [0.1, 0.15) is 36.8 Å². The van der Waals surface area contributed by atoms with Gasteiger partial charge in [0, 0.05) is 46.2 Å². The largest absolute Gasteiger partial charge is 0.361 e. The van der Waals surface area contributed by atoms with Crippen molar-refractivity contribution in [2.45, 2.75) is 43.8 Å². The number of likely N-dealkylation sites (tertiary alicyclic amines) is 1. The fraction of sp³-hybridized carbons (Fsp3) is 0.481. The van der Waals surface area contributed by atoms with Gasteiger partial charge in [-0.15, -0.1) is 0 Å². The molecular weight excluding hydrogens is 460 g/mol. The molecule has 0 amide bonds. The molecule has 5 heteroatoms. The van der Waals surface area contributed by atoms with Crippen molar-refractivity contribution in [3.8, 4) is 0 Å². The summed E-state index contributed by atoms with van der Waals surface area (Å²) >= 11 is 3.64. The van der Waals surface area contributed by atoms with Crippen LogP contribution in [0.3, 0.4) is 0 Å². The third-order valence-electron chi connectivity index (χ3n) is 7.90. The summed E-state index contributed by atoms with van der Waals surface area (Å²) in [5.41, 5.74) is 4.23. The molecule has 170 valence electrons. The SMILES string of the molecule is CN(C)C1(c2ccccc2)CCNC(C2CCCN(Cc3c[nH]c4ccc(Br)cc34)C2)C1. The van der Waals surface area contributed by atoms with E-state index in [0.717, 1.165) is 17.6 Å². The monoisotopic (exact) mass is 494 g/mol. The Morgan fingerprint density at radius 1 is 1.16 bits per heavy atom. The Hall–Kier alpha value is -1.66. The van der Waals surface area contributed by atoms with E-state index < -0.39 is 0 Å². The topological polar surface area (TPSA) is 34.3 Å². The first kappa shape index (κ1) is 22.1. The summed E-state index contributed by atoms with van der Waals surface area (Å²) in [4.78, 5) is 8.60. The Balaban J connectivity index is 1.32. The van der Waals surface area contributed by atoms with E-state index in [1.54, 1.807) is 0 Å². The van der Waals surface area contributed by atoms with Crippen molar-refractivity contribution in [1.29, 1.82) is 0 Å². The maximum atomic E-state index is 3.92. The summed E-state index contributed by atoms with van der Waals surface area (Å²) in [6.07, 6.45) is 7.16. The standard InChI is InChI=1S/C27H35BrN4/c1-31(2)27(22-8-4-3-5-9-22)12-13-29-26(16-27)20-7-6-14-32(18-20)19-21-17-30-25-11-10-23(28)15-24(21)25/h3-5,8-11,15,17,20,26,29-30H,6-7,12-14,16,18-19H2,1-2H3. The summed E-state index contributed by atoms with van der Waals surface area (Å²) < 4.78 is 1.15.